The quantitative estimate of drug-likeness (QED) is 0.813. The van der Waals surface area contributed by atoms with Gasteiger partial charge < -0.3 is 29.3 Å². The molecule has 1 atom stereocenters. The average Bonchev–Trinajstić information content (AvgIpc) is 3.21. The molecule has 5 rings (SSSR count). The molecule has 8 nitrogen and oxygen atoms in total. The van der Waals surface area contributed by atoms with Crippen LogP contribution in [0.15, 0.2) is 42.5 Å². The van der Waals surface area contributed by atoms with E-state index >= 15 is 0 Å². The highest BCUT2D eigenvalue weighted by molar-refractivity contribution is 6.03. The van der Waals surface area contributed by atoms with E-state index in [0.29, 0.717) is 31.3 Å². The van der Waals surface area contributed by atoms with Crippen LogP contribution in [0.3, 0.4) is 0 Å². The van der Waals surface area contributed by atoms with Crippen LogP contribution >= 0.6 is 0 Å². The lowest BCUT2D eigenvalue weighted by molar-refractivity contribution is -0.122. The zero-order chi connectivity index (χ0) is 21.2. The Kier molecular flexibility index (Phi) is 5.38. The predicted octanol–water partition coefficient (Wildman–Crippen LogP) is 2.29. The fourth-order valence-corrected chi connectivity index (χ4v) is 4.15. The molecule has 2 amide bonds. The number of anilines is 3. The van der Waals surface area contributed by atoms with Gasteiger partial charge in [0.2, 0.25) is 11.8 Å². The van der Waals surface area contributed by atoms with Gasteiger partial charge in [-0.15, -0.1) is 0 Å². The standard InChI is InChI=1S/C23H25N3O5/c27-22-13-16(15-26(22)19-5-6-20-21(14-19)31-12-11-30-20)23(28)24-17-1-3-18(4-2-17)25-7-9-29-10-8-25/h1-6,14,16H,7-13,15H2,(H,24,28)/t16-/m0/s1. The Morgan fingerprint density at radius 3 is 2.39 bits per heavy atom. The Hall–Kier alpha value is -3.26. The average molecular weight is 423 g/mol. The molecule has 8 heteroatoms. The molecular formula is C23H25N3O5. The van der Waals surface area contributed by atoms with Crippen LogP contribution in [0.1, 0.15) is 6.42 Å². The molecule has 0 aromatic heterocycles. The third-order valence-electron chi connectivity index (χ3n) is 5.84. The molecule has 3 aliphatic rings. The lowest BCUT2D eigenvalue weighted by Gasteiger charge is -2.28. The van der Waals surface area contributed by atoms with E-state index in [1.54, 1.807) is 17.0 Å². The number of rotatable bonds is 4. The molecule has 162 valence electrons. The van der Waals surface area contributed by atoms with Crippen LogP contribution in [0.5, 0.6) is 11.5 Å². The van der Waals surface area contributed by atoms with Crippen molar-refractivity contribution in [3.8, 4) is 11.5 Å². The molecule has 0 unspecified atom stereocenters. The summed E-state index contributed by atoms with van der Waals surface area (Å²) in [5.41, 5.74) is 2.56. The number of hydrogen-bond donors (Lipinski definition) is 1. The van der Waals surface area contributed by atoms with Crippen LogP contribution in [0.4, 0.5) is 17.1 Å². The lowest BCUT2D eigenvalue weighted by Crippen LogP contribution is -2.36. The molecule has 3 heterocycles. The van der Waals surface area contributed by atoms with Gasteiger partial charge in [-0.2, -0.15) is 0 Å². The van der Waals surface area contributed by atoms with Crippen molar-refractivity contribution in [1.29, 1.82) is 0 Å². The first-order valence-corrected chi connectivity index (χ1v) is 10.6. The molecule has 0 radical (unpaired) electrons. The summed E-state index contributed by atoms with van der Waals surface area (Å²) < 4.78 is 16.5. The zero-order valence-electron chi connectivity index (χ0n) is 17.2. The molecule has 3 aliphatic heterocycles. The van der Waals surface area contributed by atoms with Crippen LogP contribution in [-0.2, 0) is 14.3 Å². The van der Waals surface area contributed by atoms with Crippen LogP contribution < -0.4 is 24.6 Å². The van der Waals surface area contributed by atoms with Crippen molar-refractivity contribution in [3.63, 3.8) is 0 Å². The van der Waals surface area contributed by atoms with E-state index in [-0.39, 0.29) is 18.2 Å². The molecule has 0 bridgehead atoms. The maximum Gasteiger partial charge on any atom is 0.229 e. The van der Waals surface area contributed by atoms with Crippen LogP contribution in [0.25, 0.3) is 0 Å². The highest BCUT2D eigenvalue weighted by Gasteiger charge is 2.35. The van der Waals surface area contributed by atoms with Gasteiger partial charge in [-0.1, -0.05) is 0 Å². The number of carbonyl (C=O) groups excluding carboxylic acids is 2. The maximum atomic E-state index is 12.8. The number of benzene rings is 2. The van der Waals surface area contributed by atoms with Gasteiger partial charge in [0.05, 0.1) is 19.1 Å². The summed E-state index contributed by atoms with van der Waals surface area (Å²) in [6.07, 6.45) is 0.187. The SMILES string of the molecule is O=C(Nc1ccc(N2CCOCC2)cc1)[C@H]1CC(=O)N(c2ccc3c(c2)OCCO3)C1. The summed E-state index contributed by atoms with van der Waals surface area (Å²) in [6, 6.07) is 13.2. The molecule has 0 aliphatic carbocycles. The predicted molar refractivity (Wildman–Crippen MR) is 116 cm³/mol. The van der Waals surface area contributed by atoms with Gasteiger partial charge in [0, 0.05) is 49.2 Å². The summed E-state index contributed by atoms with van der Waals surface area (Å²) in [4.78, 5) is 29.3. The van der Waals surface area contributed by atoms with Gasteiger partial charge in [0.25, 0.3) is 0 Å². The second-order valence-corrected chi connectivity index (χ2v) is 7.87. The van der Waals surface area contributed by atoms with Crippen LogP contribution in [-0.4, -0.2) is 57.9 Å². The first kappa shape index (κ1) is 19.7. The molecule has 2 fully saturated rings. The van der Waals surface area contributed by atoms with Crippen molar-refractivity contribution in [2.75, 3.05) is 61.2 Å². The number of carbonyl (C=O) groups is 2. The van der Waals surface area contributed by atoms with Crippen molar-refractivity contribution in [3.05, 3.63) is 42.5 Å². The third-order valence-corrected chi connectivity index (χ3v) is 5.84. The smallest absolute Gasteiger partial charge is 0.229 e. The van der Waals surface area contributed by atoms with E-state index in [9.17, 15) is 9.59 Å². The lowest BCUT2D eigenvalue weighted by atomic mass is 10.1. The summed E-state index contributed by atoms with van der Waals surface area (Å²) in [5.74, 6) is 0.688. The Bertz CT molecular complexity index is 972. The number of fused-ring (bicyclic) bond motifs is 1. The minimum absolute atomic E-state index is 0.0699. The summed E-state index contributed by atoms with van der Waals surface area (Å²) in [7, 11) is 0. The van der Waals surface area contributed by atoms with Crippen LogP contribution in [0.2, 0.25) is 0 Å². The van der Waals surface area contributed by atoms with Gasteiger partial charge >= 0.3 is 0 Å². The first-order valence-electron chi connectivity index (χ1n) is 10.6. The fourth-order valence-electron chi connectivity index (χ4n) is 4.15. The second-order valence-electron chi connectivity index (χ2n) is 7.87. The van der Waals surface area contributed by atoms with Crippen molar-refractivity contribution in [2.45, 2.75) is 6.42 Å². The van der Waals surface area contributed by atoms with Gasteiger partial charge in [0.15, 0.2) is 11.5 Å². The molecule has 2 aromatic carbocycles. The van der Waals surface area contributed by atoms with E-state index in [4.69, 9.17) is 14.2 Å². The zero-order valence-corrected chi connectivity index (χ0v) is 17.2. The Morgan fingerprint density at radius 2 is 1.61 bits per heavy atom. The third kappa shape index (κ3) is 4.16. The maximum absolute atomic E-state index is 12.8. The monoisotopic (exact) mass is 423 g/mol. The number of hydrogen-bond acceptors (Lipinski definition) is 6. The largest absolute Gasteiger partial charge is 0.486 e. The summed E-state index contributed by atoms with van der Waals surface area (Å²) >= 11 is 0. The number of nitrogens with zero attached hydrogens (tertiary/aromatic N) is 2. The second kappa shape index (κ2) is 8.47. The Morgan fingerprint density at radius 1 is 0.903 bits per heavy atom. The number of morpholine rings is 1. The van der Waals surface area contributed by atoms with Crippen molar-refractivity contribution >= 4 is 28.9 Å². The molecule has 31 heavy (non-hydrogen) atoms. The highest BCUT2D eigenvalue weighted by Crippen LogP contribution is 2.36. The molecular weight excluding hydrogens is 398 g/mol. The number of nitrogens with one attached hydrogen (secondary N) is 1. The number of ether oxygens (including phenoxy) is 3. The van der Waals surface area contributed by atoms with E-state index in [1.165, 1.54) is 0 Å². The van der Waals surface area contributed by atoms with Gasteiger partial charge in [0.1, 0.15) is 13.2 Å². The van der Waals surface area contributed by atoms with Gasteiger partial charge in [-0.25, -0.2) is 0 Å². The van der Waals surface area contributed by atoms with Gasteiger partial charge in [-0.3, -0.25) is 9.59 Å². The van der Waals surface area contributed by atoms with Gasteiger partial charge in [-0.05, 0) is 36.4 Å². The van der Waals surface area contributed by atoms with E-state index in [1.807, 2.05) is 30.3 Å². The molecule has 0 spiro atoms. The van der Waals surface area contributed by atoms with E-state index in [0.717, 1.165) is 43.4 Å². The Labute approximate surface area is 180 Å². The fraction of sp³-hybridized carbons (Fsp3) is 0.391. The summed E-state index contributed by atoms with van der Waals surface area (Å²) in [6.45, 7) is 4.54. The molecule has 0 saturated carbocycles. The first-order chi connectivity index (χ1) is 15.2. The topological polar surface area (TPSA) is 80.3 Å². The van der Waals surface area contributed by atoms with Crippen molar-refractivity contribution in [1.82, 2.24) is 0 Å². The van der Waals surface area contributed by atoms with E-state index in [2.05, 4.69) is 10.2 Å². The minimum Gasteiger partial charge on any atom is -0.486 e. The van der Waals surface area contributed by atoms with Crippen molar-refractivity contribution in [2.24, 2.45) is 5.92 Å². The Balaban J connectivity index is 1.22. The van der Waals surface area contributed by atoms with Crippen LogP contribution in [0, 0.1) is 5.92 Å². The minimum atomic E-state index is -0.403. The van der Waals surface area contributed by atoms with Crippen molar-refractivity contribution < 1.29 is 23.8 Å². The molecule has 1 N–H and O–H groups in total. The normalized spacial score (nSPS) is 20.6. The van der Waals surface area contributed by atoms with E-state index < -0.39 is 5.92 Å². The summed E-state index contributed by atoms with van der Waals surface area (Å²) in [5, 5.41) is 2.95. The molecule has 2 aromatic rings. The molecule has 2 saturated heterocycles. The number of amides is 2. The highest BCUT2D eigenvalue weighted by atomic mass is 16.6.